The van der Waals surface area contributed by atoms with Gasteiger partial charge in [0.15, 0.2) is 6.07 Å². The number of hydrogen-bond acceptors (Lipinski definition) is 3. The maximum atomic E-state index is 8.05. The molecule has 0 radical (unpaired) electrons. The third-order valence-electron chi connectivity index (χ3n) is 0.796. The third-order valence-corrected chi connectivity index (χ3v) is 0.796. The first-order valence-electron chi connectivity index (χ1n) is 2.60. The fourth-order valence-electron chi connectivity index (χ4n) is 0.447. The first kappa shape index (κ1) is 6.25. The van der Waals surface area contributed by atoms with Crippen molar-refractivity contribution >= 4 is 0 Å². The van der Waals surface area contributed by atoms with E-state index in [1.165, 1.54) is 0 Å². The molecule has 0 amide bonds. The van der Waals surface area contributed by atoms with Crippen LogP contribution in [0.3, 0.4) is 0 Å². The van der Waals surface area contributed by atoms with Crippen LogP contribution < -0.4 is 0 Å². The molecule has 0 aliphatic heterocycles. The lowest BCUT2D eigenvalue weighted by molar-refractivity contribution is 1.13. The SMILES string of the molecule is N#CC#Cc1ncccn1. The van der Waals surface area contributed by atoms with E-state index < -0.39 is 0 Å². The van der Waals surface area contributed by atoms with Crippen molar-refractivity contribution in [1.82, 2.24) is 9.97 Å². The molecule has 0 atom stereocenters. The molecule has 1 heterocycles. The molecule has 10 heavy (non-hydrogen) atoms. The van der Waals surface area contributed by atoms with Gasteiger partial charge in [-0.25, -0.2) is 9.97 Å². The number of nitriles is 1. The highest BCUT2D eigenvalue weighted by atomic mass is 14.8. The molecule has 0 saturated carbocycles. The molecule has 46 valence electrons. The van der Waals surface area contributed by atoms with Crippen molar-refractivity contribution in [1.29, 1.82) is 5.26 Å². The maximum Gasteiger partial charge on any atom is 0.205 e. The van der Waals surface area contributed by atoms with E-state index in [0.717, 1.165) is 0 Å². The lowest BCUT2D eigenvalue weighted by Crippen LogP contribution is -1.83. The Hall–Kier alpha value is -1.87. The summed E-state index contributed by atoms with van der Waals surface area (Å²) in [6.45, 7) is 0. The summed E-state index contributed by atoms with van der Waals surface area (Å²) in [6, 6.07) is 3.37. The van der Waals surface area contributed by atoms with Crippen molar-refractivity contribution < 1.29 is 0 Å². The van der Waals surface area contributed by atoms with Crippen LogP contribution >= 0.6 is 0 Å². The van der Waals surface area contributed by atoms with Gasteiger partial charge in [0, 0.05) is 18.3 Å². The van der Waals surface area contributed by atoms with Crippen LogP contribution in [0.2, 0.25) is 0 Å². The summed E-state index contributed by atoms with van der Waals surface area (Å²) in [6.07, 6.45) is 3.16. The van der Waals surface area contributed by atoms with Crippen molar-refractivity contribution in [3.8, 4) is 17.9 Å². The molecule has 3 nitrogen and oxygen atoms in total. The summed E-state index contributed by atoms with van der Waals surface area (Å²) in [5, 5.41) is 8.05. The van der Waals surface area contributed by atoms with Crippen LogP contribution in [0.5, 0.6) is 0 Å². The average molecular weight is 129 g/mol. The largest absolute Gasteiger partial charge is 0.229 e. The Bertz CT molecular complexity index is 299. The number of nitrogens with zero attached hydrogens (tertiary/aromatic N) is 3. The highest BCUT2D eigenvalue weighted by Crippen LogP contribution is 1.81. The van der Waals surface area contributed by atoms with Gasteiger partial charge < -0.3 is 0 Å². The van der Waals surface area contributed by atoms with Crippen LogP contribution in [0.25, 0.3) is 0 Å². The monoisotopic (exact) mass is 129 g/mol. The van der Waals surface area contributed by atoms with Crippen LogP contribution in [0.1, 0.15) is 5.82 Å². The minimum Gasteiger partial charge on any atom is -0.229 e. The normalized spacial score (nSPS) is 7.10. The summed E-state index contributed by atoms with van der Waals surface area (Å²) in [5.74, 6) is 5.03. The fraction of sp³-hybridized carbons (Fsp3) is 0. The van der Waals surface area contributed by atoms with E-state index in [-0.39, 0.29) is 0 Å². The van der Waals surface area contributed by atoms with Gasteiger partial charge in [0.2, 0.25) is 5.82 Å². The van der Waals surface area contributed by atoms with Gasteiger partial charge in [-0.05, 0) is 12.0 Å². The van der Waals surface area contributed by atoms with Gasteiger partial charge in [0.05, 0.1) is 0 Å². The van der Waals surface area contributed by atoms with Crippen molar-refractivity contribution in [3.05, 3.63) is 24.3 Å². The molecular weight excluding hydrogens is 126 g/mol. The van der Waals surface area contributed by atoms with Crippen LogP contribution in [-0.2, 0) is 0 Å². The number of aromatic nitrogens is 2. The molecule has 0 aliphatic carbocycles. The first-order valence-corrected chi connectivity index (χ1v) is 2.60. The first-order chi connectivity index (χ1) is 4.93. The van der Waals surface area contributed by atoms with Crippen molar-refractivity contribution in [2.24, 2.45) is 0 Å². The van der Waals surface area contributed by atoms with E-state index in [9.17, 15) is 0 Å². The van der Waals surface area contributed by atoms with Gasteiger partial charge in [-0.15, -0.1) is 0 Å². The van der Waals surface area contributed by atoms with Gasteiger partial charge in [-0.1, -0.05) is 0 Å². The number of hydrogen-bond donors (Lipinski definition) is 0. The van der Waals surface area contributed by atoms with Gasteiger partial charge in [-0.3, -0.25) is 0 Å². The van der Waals surface area contributed by atoms with E-state index >= 15 is 0 Å². The molecule has 0 fully saturated rings. The van der Waals surface area contributed by atoms with Gasteiger partial charge in [-0.2, -0.15) is 5.26 Å². The van der Waals surface area contributed by atoms with Crippen LogP contribution in [0.4, 0.5) is 0 Å². The van der Waals surface area contributed by atoms with E-state index in [4.69, 9.17) is 5.26 Å². The van der Waals surface area contributed by atoms with Crippen LogP contribution in [-0.4, -0.2) is 9.97 Å². The molecule has 1 aromatic rings. The lowest BCUT2D eigenvalue weighted by Gasteiger charge is -1.81. The lowest BCUT2D eigenvalue weighted by atomic mass is 10.5. The smallest absolute Gasteiger partial charge is 0.205 e. The van der Waals surface area contributed by atoms with E-state index in [2.05, 4.69) is 21.8 Å². The highest BCUT2D eigenvalue weighted by molar-refractivity contribution is 5.27. The van der Waals surface area contributed by atoms with Gasteiger partial charge >= 0.3 is 0 Å². The molecule has 3 heteroatoms. The zero-order valence-corrected chi connectivity index (χ0v) is 5.07. The zero-order chi connectivity index (χ0) is 7.23. The summed E-state index contributed by atoms with van der Waals surface area (Å²) >= 11 is 0. The van der Waals surface area contributed by atoms with Gasteiger partial charge in [0.25, 0.3) is 0 Å². The fourth-order valence-corrected chi connectivity index (χ4v) is 0.447. The molecule has 0 aromatic carbocycles. The Morgan fingerprint density at radius 2 is 2.00 bits per heavy atom. The van der Waals surface area contributed by atoms with Gasteiger partial charge in [0.1, 0.15) is 0 Å². The van der Waals surface area contributed by atoms with Crippen LogP contribution in [0, 0.1) is 23.2 Å². The highest BCUT2D eigenvalue weighted by Gasteiger charge is 1.82. The second-order valence-corrected chi connectivity index (χ2v) is 1.43. The molecular formula is C7H3N3. The second kappa shape index (κ2) is 3.21. The van der Waals surface area contributed by atoms with Crippen LogP contribution in [0.15, 0.2) is 18.5 Å². The summed E-state index contributed by atoms with van der Waals surface area (Å²) in [5.41, 5.74) is 0. The minimum atomic E-state index is 0.379. The standard InChI is InChI=1S/C7H3N3/c8-4-1-3-7-9-5-2-6-10-7/h2,5-6H. The molecule has 1 aromatic heterocycles. The Labute approximate surface area is 58.4 Å². The minimum absolute atomic E-state index is 0.379. The van der Waals surface area contributed by atoms with E-state index in [1.54, 1.807) is 24.5 Å². The number of rotatable bonds is 0. The molecule has 1 rings (SSSR count). The second-order valence-electron chi connectivity index (χ2n) is 1.43. The third kappa shape index (κ3) is 1.57. The average Bonchev–Trinajstić information content (AvgIpc) is 2.03. The Balaban J connectivity index is 2.89. The zero-order valence-electron chi connectivity index (χ0n) is 5.07. The molecule has 0 unspecified atom stereocenters. The maximum absolute atomic E-state index is 8.05. The van der Waals surface area contributed by atoms with Crippen molar-refractivity contribution in [3.63, 3.8) is 0 Å². The van der Waals surface area contributed by atoms with E-state index in [0.29, 0.717) is 5.82 Å². The molecule has 0 aliphatic rings. The Morgan fingerprint density at radius 3 is 2.60 bits per heavy atom. The molecule has 0 N–H and O–H groups in total. The topological polar surface area (TPSA) is 49.6 Å². The predicted octanol–water partition coefficient (Wildman–Crippen LogP) is 0.352. The van der Waals surface area contributed by atoms with Crippen molar-refractivity contribution in [2.75, 3.05) is 0 Å². The van der Waals surface area contributed by atoms with Crippen molar-refractivity contribution in [2.45, 2.75) is 0 Å². The predicted molar refractivity (Wildman–Crippen MR) is 34.5 cm³/mol. The van der Waals surface area contributed by atoms with E-state index in [1.807, 2.05) is 0 Å². The summed E-state index contributed by atoms with van der Waals surface area (Å²) in [4.78, 5) is 7.56. The Morgan fingerprint density at radius 1 is 1.30 bits per heavy atom. The molecule has 0 spiro atoms. The Kier molecular flexibility index (Phi) is 2.01. The summed E-state index contributed by atoms with van der Waals surface area (Å²) in [7, 11) is 0. The molecule has 0 saturated heterocycles. The molecule has 0 bridgehead atoms. The summed E-state index contributed by atoms with van der Waals surface area (Å²) < 4.78 is 0. The quantitative estimate of drug-likeness (QED) is 0.475.